The highest BCUT2D eigenvalue weighted by atomic mass is 32.1. The molecule has 0 saturated carbocycles. The van der Waals surface area contributed by atoms with Gasteiger partial charge in [-0.2, -0.15) is 5.26 Å². The number of para-hydroxylation sites is 1. The molecule has 1 atom stereocenters. The third kappa shape index (κ3) is 3.42. The molecule has 0 fully saturated rings. The Balaban J connectivity index is 2.04. The standard InChI is InChI=1S/C19H16N4OS/c1-12-16(18(24)23-14-7-3-2-4-8-14)17(13-6-5-9-21-11-13)15(10-20)19(25)22-12/h2-9,11,17,22,25H,1H3,(H,23,24). The largest absolute Gasteiger partial charge is 0.353 e. The lowest BCUT2D eigenvalue weighted by molar-refractivity contribution is -0.113. The molecule has 2 aromatic rings. The fourth-order valence-corrected chi connectivity index (χ4v) is 3.18. The first-order valence-electron chi connectivity index (χ1n) is 7.69. The van der Waals surface area contributed by atoms with E-state index in [1.165, 1.54) is 0 Å². The number of rotatable bonds is 3. The number of nitrogens with zero attached hydrogens (tertiary/aromatic N) is 2. The molecule has 6 heteroatoms. The normalized spacial score (nSPS) is 16.9. The van der Waals surface area contributed by atoms with Crippen LogP contribution in [0.4, 0.5) is 5.69 Å². The first-order chi connectivity index (χ1) is 12.1. The molecule has 2 N–H and O–H groups in total. The molecule has 0 saturated heterocycles. The minimum Gasteiger partial charge on any atom is -0.353 e. The molecule has 0 spiro atoms. The number of carbonyl (C=O) groups excluding carboxylic acids is 1. The Morgan fingerprint density at radius 3 is 2.68 bits per heavy atom. The second-order valence-corrected chi connectivity index (χ2v) is 6.02. The summed E-state index contributed by atoms with van der Waals surface area (Å²) in [6.45, 7) is 1.80. The van der Waals surface area contributed by atoms with Crippen LogP contribution in [0, 0.1) is 11.3 Å². The van der Waals surface area contributed by atoms with E-state index < -0.39 is 5.92 Å². The Morgan fingerprint density at radius 2 is 2.04 bits per heavy atom. The highest BCUT2D eigenvalue weighted by molar-refractivity contribution is 7.84. The van der Waals surface area contributed by atoms with E-state index in [0.717, 1.165) is 5.56 Å². The van der Waals surface area contributed by atoms with Gasteiger partial charge < -0.3 is 10.6 Å². The smallest absolute Gasteiger partial charge is 0.254 e. The highest BCUT2D eigenvalue weighted by Crippen LogP contribution is 2.38. The molecule has 2 heterocycles. The molecule has 1 aromatic carbocycles. The Bertz CT molecular complexity index is 898. The molecular formula is C19H16N4OS. The predicted octanol–water partition coefficient (Wildman–Crippen LogP) is 3.35. The summed E-state index contributed by atoms with van der Waals surface area (Å²) in [7, 11) is 0. The van der Waals surface area contributed by atoms with Crippen molar-refractivity contribution >= 4 is 24.2 Å². The lowest BCUT2D eigenvalue weighted by Crippen LogP contribution is -2.30. The second-order valence-electron chi connectivity index (χ2n) is 5.58. The van der Waals surface area contributed by atoms with Crippen molar-refractivity contribution in [3.05, 3.63) is 82.3 Å². The van der Waals surface area contributed by atoms with Crippen LogP contribution >= 0.6 is 12.6 Å². The Morgan fingerprint density at radius 1 is 1.28 bits per heavy atom. The number of allylic oxidation sites excluding steroid dienone is 2. The van der Waals surface area contributed by atoms with Crippen molar-refractivity contribution in [3.63, 3.8) is 0 Å². The van der Waals surface area contributed by atoms with Gasteiger partial charge in [0.1, 0.15) is 0 Å². The summed E-state index contributed by atoms with van der Waals surface area (Å²) in [5, 5.41) is 15.9. The van der Waals surface area contributed by atoms with Crippen LogP contribution in [0.1, 0.15) is 18.4 Å². The number of benzene rings is 1. The Hall–Kier alpha value is -3.04. The summed E-state index contributed by atoms with van der Waals surface area (Å²) < 4.78 is 0. The molecule has 1 amide bonds. The Kier molecular flexibility index (Phi) is 4.87. The number of dihydropyridines is 1. The maximum absolute atomic E-state index is 12.9. The fraction of sp³-hybridized carbons (Fsp3) is 0.105. The molecule has 0 bridgehead atoms. The van der Waals surface area contributed by atoms with Crippen molar-refractivity contribution in [1.29, 1.82) is 5.26 Å². The van der Waals surface area contributed by atoms with Gasteiger partial charge in [-0.25, -0.2) is 0 Å². The molecule has 5 nitrogen and oxygen atoms in total. The molecule has 1 aliphatic heterocycles. The number of thiol groups is 1. The summed E-state index contributed by atoms with van der Waals surface area (Å²) in [5.74, 6) is -0.783. The molecule has 25 heavy (non-hydrogen) atoms. The monoisotopic (exact) mass is 348 g/mol. The molecule has 1 aromatic heterocycles. The third-order valence-electron chi connectivity index (χ3n) is 3.96. The van der Waals surface area contributed by atoms with E-state index in [9.17, 15) is 10.1 Å². The first kappa shape index (κ1) is 16.8. The van der Waals surface area contributed by atoms with Crippen molar-refractivity contribution < 1.29 is 4.79 Å². The number of anilines is 1. The quantitative estimate of drug-likeness (QED) is 0.744. The topological polar surface area (TPSA) is 77.8 Å². The van der Waals surface area contributed by atoms with E-state index in [0.29, 0.717) is 27.6 Å². The van der Waals surface area contributed by atoms with Gasteiger partial charge in [-0.3, -0.25) is 9.78 Å². The van der Waals surface area contributed by atoms with Crippen molar-refractivity contribution in [2.24, 2.45) is 0 Å². The fourth-order valence-electron chi connectivity index (χ4n) is 2.83. The van der Waals surface area contributed by atoms with E-state index in [1.54, 1.807) is 25.4 Å². The molecule has 124 valence electrons. The molecule has 0 radical (unpaired) electrons. The van der Waals surface area contributed by atoms with Crippen molar-refractivity contribution in [2.45, 2.75) is 12.8 Å². The average Bonchev–Trinajstić information content (AvgIpc) is 2.62. The van der Waals surface area contributed by atoms with Gasteiger partial charge >= 0.3 is 0 Å². The van der Waals surface area contributed by atoms with Gasteiger partial charge in [0.15, 0.2) is 0 Å². The van der Waals surface area contributed by atoms with E-state index in [2.05, 4.69) is 34.3 Å². The van der Waals surface area contributed by atoms with Crippen molar-refractivity contribution in [1.82, 2.24) is 10.3 Å². The van der Waals surface area contributed by atoms with Gasteiger partial charge in [-0.05, 0) is 30.7 Å². The maximum Gasteiger partial charge on any atom is 0.254 e. The number of hydrogen-bond acceptors (Lipinski definition) is 5. The van der Waals surface area contributed by atoms with Crippen LogP contribution < -0.4 is 10.6 Å². The van der Waals surface area contributed by atoms with Gasteiger partial charge in [0.05, 0.1) is 22.6 Å². The van der Waals surface area contributed by atoms with Crippen LogP contribution in [-0.2, 0) is 4.79 Å². The zero-order valence-electron chi connectivity index (χ0n) is 13.5. The molecule has 1 unspecified atom stereocenters. The summed E-state index contributed by atoms with van der Waals surface area (Å²) >= 11 is 4.37. The zero-order valence-corrected chi connectivity index (χ0v) is 14.4. The van der Waals surface area contributed by atoms with Gasteiger partial charge in [-0.15, -0.1) is 12.6 Å². The molecule has 0 aliphatic carbocycles. The second kappa shape index (κ2) is 7.24. The summed E-state index contributed by atoms with van der Waals surface area (Å²) in [6.07, 6.45) is 3.32. The first-order valence-corrected chi connectivity index (χ1v) is 8.14. The predicted molar refractivity (Wildman–Crippen MR) is 99.5 cm³/mol. The number of hydrogen-bond donors (Lipinski definition) is 3. The summed E-state index contributed by atoms with van der Waals surface area (Å²) in [6, 6.07) is 15.0. The molecule has 3 rings (SSSR count). The van der Waals surface area contributed by atoms with E-state index >= 15 is 0 Å². The lowest BCUT2D eigenvalue weighted by Gasteiger charge is -2.28. The summed E-state index contributed by atoms with van der Waals surface area (Å²) in [5.41, 5.74) is 2.99. The van der Waals surface area contributed by atoms with E-state index in [-0.39, 0.29) is 5.91 Å². The van der Waals surface area contributed by atoms with Crippen LogP contribution in [0.25, 0.3) is 0 Å². The highest BCUT2D eigenvalue weighted by Gasteiger charge is 2.33. The lowest BCUT2D eigenvalue weighted by atomic mass is 9.83. The molecular weight excluding hydrogens is 332 g/mol. The van der Waals surface area contributed by atoms with Gasteiger partial charge in [0, 0.05) is 29.4 Å². The van der Waals surface area contributed by atoms with E-state index in [1.807, 2.05) is 36.4 Å². The van der Waals surface area contributed by atoms with Crippen molar-refractivity contribution in [2.75, 3.05) is 5.32 Å². The number of amides is 1. The molecule has 1 aliphatic rings. The number of nitriles is 1. The van der Waals surface area contributed by atoms with Gasteiger partial charge in [0.25, 0.3) is 5.91 Å². The average molecular weight is 348 g/mol. The SMILES string of the molecule is CC1=C(C(=O)Nc2ccccc2)C(c2cccnc2)C(C#N)=C(S)N1. The number of aromatic nitrogens is 1. The van der Waals surface area contributed by atoms with Crippen molar-refractivity contribution in [3.8, 4) is 6.07 Å². The number of carbonyl (C=O) groups is 1. The van der Waals surface area contributed by atoms with Crippen LogP contribution in [-0.4, -0.2) is 10.9 Å². The third-order valence-corrected chi connectivity index (χ3v) is 4.31. The Labute approximate surface area is 151 Å². The number of pyridine rings is 1. The van der Waals surface area contributed by atoms with Gasteiger partial charge in [0.2, 0.25) is 0 Å². The van der Waals surface area contributed by atoms with Crippen LogP contribution in [0.5, 0.6) is 0 Å². The minimum absolute atomic E-state index is 0.265. The summed E-state index contributed by atoms with van der Waals surface area (Å²) in [4.78, 5) is 17.1. The maximum atomic E-state index is 12.9. The van der Waals surface area contributed by atoms with Gasteiger partial charge in [-0.1, -0.05) is 24.3 Å². The van der Waals surface area contributed by atoms with Crippen LogP contribution in [0.2, 0.25) is 0 Å². The van der Waals surface area contributed by atoms with Crippen LogP contribution in [0.15, 0.2) is 76.7 Å². The number of nitrogens with one attached hydrogen (secondary N) is 2. The zero-order chi connectivity index (χ0) is 17.8. The minimum atomic E-state index is -0.517. The van der Waals surface area contributed by atoms with Crippen LogP contribution in [0.3, 0.4) is 0 Å². The van der Waals surface area contributed by atoms with E-state index in [4.69, 9.17) is 0 Å².